The van der Waals surface area contributed by atoms with E-state index in [1.165, 1.54) is 4.90 Å². The molecule has 4 nitrogen and oxygen atoms in total. The molecular formula is C18H20N2O2S. The Labute approximate surface area is 140 Å². The fourth-order valence-corrected chi connectivity index (χ4v) is 3.54. The van der Waals surface area contributed by atoms with Crippen molar-refractivity contribution in [2.24, 2.45) is 0 Å². The van der Waals surface area contributed by atoms with E-state index >= 15 is 0 Å². The van der Waals surface area contributed by atoms with Crippen LogP contribution in [0.1, 0.15) is 17.3 Å². The largest absolute Gasteiger partial charge is 0.458 e. The summed E-state index contributed by atoms with van der Waals surface area (Å²) in [5.41, 5.74) is 2.58. The number of fused-ring (bicyclic) bond motifs is 2. The van der Waals surface area contributed by atoms with Gasteiger partial charge < -0.3 is 15.0 Å². The number of nitrogens with one attached hydrogen (secondary N) is 1. The summed E-state index contributed by atoms with van der Waals surface area (Å²) in [6.45, 7) is 2.61. The van der Waals surface area contributed by atoms with Gasteiger partial charge in [0.25, 0.3) is 0 Å². The second-order valence-electron chi connectivity index (χ2n) is 5.91. The molecule has 0 saturated heterocycles. The van der Waals surface area contributed by atoms with Crippen molar-refractivity contribution in [3.05, 3.63) is 48.0 Å². The summed E-state index contributed by atoms with van der Waals surface area (Å²) in [7, 11) is 3.92. The van der Waals surface area contributed by atoms with Crippen molar-refractivity contribution in [3.8, 4) is 0 Å². The fourth-order valence-electron chi connectivity index (χ4n) is 2.57. The van der Waals surface area contributed by atoms with Crippen LogP contribution in [0.4, 0.5) is 11.4 Å². The highest BCUT2D eigenvalue weighted by Gasteiger charge is 2.18. The van der Waals surface area contributed by atoms with Gasteiger partial charge in [-0.05, 0) is 51.4 Å². The summed E-state index contributed by atoms with van der Waals surface area (Å²) in [4.78, 5) is 16.6. The first-order valence-corrected chi connectivity index (χ1v) is 8.38. The molecule has 0 amide bonds. The molecule has 5 heteroatoms. The summed E-state index contributed by atoms with van der Waals surface area (Å²) in [6.07, 6.45) is -0.142. The summed E-state index contributed by atoms with van der Waals surface area (Å²) in [5.74, 6) is -0.284. The van der Waals surface area contributed by atoms with Crippen LogP contribution in [0.3, 0.4) is 0 Å². The van der Waals surface area contributed by atoms with E-state index in [-0.39, 0.29) is 12.1 Å². The van der Waals surface area contributed by atoms with Gasteiger partial charge in [-0.2, -0.15) is 0 Å². The Bertz CT molecular complexity index is 731. The van der Waals surface area contributed by atoms with Gasteiger partial charge in [0.15, 0.2) is 0 Å². The van der Waals surface area contributed by atoms with E-state index in [1.54, 1.807) is 11.8 Å². The van der Waals surface area contributed by atoms with Crippen LogP contribution in [0.25, 0.3) is 0 Å². The molecule has 0 saturated carbocycles. The number of para-hydroxylation sites is 1. The van der Waals surface area contributed by atoms with Crippen molar-refractivity contribution < 1.29 is 9.53 Å². The summed E-state index contributed by atoms with van der Waals surface area (Å²) >= 11 is 1.70. The average Bonchev–Trinajstić information content (AvgIpc) is 2.51. The van der Waals surface area contributed by atoms with E-state index in [1.807, 2.05) is 62.3 Å². The summed E-state index contributed by atoms with van der Waals surface area (Å²) in [6, 6.07) is 13.8. The van der Waals surface area contributed by atoms with Crippen LogP contribution in [-0.4, -0.2) is 37.6 Å². The van der Waals surface area contributed by atoms with E-state index in [0.29, 0.717) is 12.1 Å². The van der Waals surface area contributed by atoms with Gasteiger partial charge in [-0.15, -0.1) is 0 Å². The molecule has 0 radical (unpaired) electrons. The SMILES string of the molecule is CC(CN(C)C)OC(=O)c1ccc2c(c1)Nc1ccccc1S2. The number of likely N-dealkylation sites (N-methyl/N-ethyl adjacent to an activating group) is 1. The molecule has 1 heterocycles. The maximum absolute atomic E-state index is 12.3. The third kappa shape index (κ3) is 3.68. The van der Waals surface area contributed by atoms with Gasteiger partial charge in [-0.3, -0.25) is 0 Å². The molecule has 1 unspecified atom stereocenters. The molecule has 2 aromatic carbocycles. The third-order valence-electron chi connectivity index (χ3n) is 3.52. The fraction of sp³-hybridized carbons (Fsp3) is 0.278. The highest BCUT2D eigenvalue weighted by molar-refractivity contribution is 7.99. The molecule has 0 spiro atoms. The van der Waals surface area contributed by atoms with Crippen molar-refractivity contribution in [1.82, 2.24) is 4.90 Å². The quantitative estimate of drug-likeness (QED) is 0.733. The molecule has 0 bridgehead atoms. The molecular weight excluding hydrogens is 308 g/mol. The second kappa shape index (κ2) is 6.64. The monoisotopic (exact) mass is 328 g/mol. The number of hydrogen-bond acceptors (Lipinski definition) is 5. The number of carbonyl (C=O) groups is 1. The van der Waals surface area contributed by atoms with E-state index in [4.69, 9.17) is 4.74 Å². The minimum absolute atomic E-state index is 0.142. The summed E-state index contributed by atoms with van der Waals surface area (Å²) < 4.78 is 5.49. The van der Waals surface area contributed by atoms with Gasteiger partial charge in [0.1, 0.15) is 6.10 Å². The zero-order valence-electron chi connectivity index (χ0n) is 13.5. The molecule has 120 valence electrons. The van der Waals surface area contributed by atoms with Gasteiger partial charge in [-0.25, -0.2) is 4.79 Å². The zero-order valence-corrected chi connectivity index (χ0v) is 14.3. The van der Waals surface area contributed by atoms with Gasteiger partial charge in [-0.1, -0.05) is 23.9 Å². The number of carbonyl (C=O) groups excluding carboxylic acids is 1. The molecule has 3 rings (SSSR count). The second-order valence-corrected chi connectivity index (χ2v) is 7.00. The van der Waals surface area contributed by atoms with Crippen LogP contribution in [0.15, 0.2) is 52.3 Å². The Morgan fingerprint density at radius 2 is 1.91 bits per heavy atom. The minimum atomic E-state index is -0.284. The van der Waals surface area contributed by atoms with Crippen molar-refractivity contribution in [2.75, 3.05) is 26.0 Å². The normalized spacial score (nSPS) is 13.7. The molecule has 0 aliphatic carbocycles. The van der Waals surface area contributed by atoms with Crippen LogP contribution in [0.5, 0.6) is 0 Å². The number of nitrogens with zero attached hydrogens (tertiary/aromatic N) is 1. The van der Waals surface area contributed by atoms with Crippen LogP contribution >= 0.6 is 11.8 Å². The van der Waals surface area contributed by atoms with Crippen LogP contribution in [0, 0.1) is 0 Å². The van der Waals surface area contributed by atoms with Crippen LogP contribution in [0.2, 0.25) is 0 Å². The molecule has 0 aromatic heterocycles. The van der Waals surface area contributed by atoms with Gasteiger partial charge in [0.2, 0.25) is 0 Å². The standard InChI is InChI=1S/C18H20N2O2S/c1-12(11-20(2)3)22-18(21)13-8-9-17-15(10-13)19-14-6-4-5-7-16(14)23-17/h4-10,12,19H,11H2,1-3H3. The first-order chi connectivity index (χ1) is 11.0. The number of benzene rings is 2. The first-order valence-electron chi connectivity index (χ1n) is 7.56. The lowest BCUT2D eigenvalue weighted by molar-refractivity contribution is 0.0289. The number of esters is 1. The average molecular weight is 328 g/mol. The predicted molar refractivity (Wildman–Crippen MR) is 93.7 cm³/mol. The lowest BCUT2D eigenvalue weighted by Gasteiger charge is -2.21. The highest BCUT2D eigenvalue weighted by atomic mass is 32.2. The lowest BCUT2D eigenvalue weighted by Crippen LogP contribution is -2.28. The highest BCUT2D eigenvalue weighted by Crippen LogP contribution is 2.44. The first kappa shape index (κ1) is 15.9. The number of anilines is 2. The molecule has 1 aliphatic heterocycles. The zero-order chi connectivity index (χ0) is 16.4. The topological polar surface area (TPSA) is 41.6 Å². The molecule has 1 aliphatic rings. The van der Waals surface area contributed by atoms with E-state index in [0.717, 1.165) is 16.3 Å². The van der Waals surface area contributed by atoms with Gasteiger partial charge >= 0.3 is 5.97 Å². The predicted octanol–water partition coefficient (Wildman–Crippen LogP) is 4.00. The minimum Gasteiger partial charge on any atom is -0.458 e. The smallest absolute Gasteiger partial charge is 0.338 e. The van der Waals surface area contributed by atoms with Crippen LogP contribution < -0.4 is 5.32 Å². The molecule has 2 aromatic rings. The third-order valence-corrected chi connectivity index (χ3v) is 4.67. The Kier molecular flexibility index (Phi) is 4.59. The van der Waals surface area contributed by atoms with E-state index in [2.05, 4.69) is 11.4 Å². The number of ether oxygens (including phenoxy) is 1. The summed E-state index contributed by atoms with van der Waals surface area (Å²) in [5, 5.41) is 3.38. The molecule has 0 fully saturated rings. The van der Waals surface area contributed by atoms with Crippen molar-refractivity contribution in [2.45, 2.75) is 22.8 Å². The van der Waals surface area contributed by atoms with Crippen molar-refractivity contribution in [3.63, 3.8) is 0 Å². The van der Waals surface area contributed by atoms with E-state index < -0.39 is 0 Å². The Balaban J connectivity index is 1.76. The van der Waals surface area contributed by atoms with Gasteiger partial charge in [0, 0.05) is 16.3 Å². The molecule has 23 heavy (non-hydrogen) atoms. The number of hydrogen-bond donors (Lipinski definition) is 1. The maximum Gasteiger partial charge on any atom is 0.338 e. The van der Waals surface area contributed by atoms with E-state index in [9.17, 15) is 4.79 Å². The molecule has 1 N–H and O–H groups in total. The van der Waals surface area contributed by atoms with Crippen molar-refractivity contribution >= 4 is 29.1 Å². The molecule has 1 atom stereocenters. The Morgan fingerprint density at radius 3 is 2.70 bits per heavy atom. The number of rotatable bonds is 4. The maximum atomic E-state index is 12.3. The van der Waals surface area contributed by atoms with Crippen molar-refractivity contribution in [1.29, 1.82) is 0 Å². The lowest BCUT2D eigenvalue weighted by atomic mass is 10.2. The van der Waals surface area contributed by atoms with Crippen LogP contribution in [-0.2, 0) is 4.74 Å². The Hall–Kier alpha value is -1.98. The Morgan fingerprint density at radius 1 is 1.17 bits per heavy atom. The van der Waals surface area contributed by atoms with Gasteiger partial charge in [0.05, 0.1) is 16.9 Å².